The molecule has 17 heavy (non-hydrogen) atoms. The van der Waals surface area contributed by atoms with Crippen molar-refractivity contribution in [2.45, 2.75) is 0 Å². The molecule has 2 N–H and O–H groups in total. The summed E-state index contributed by atoms with van der Waals surface area (Å²) in [6.45, 7) is 0. The van der Waals surface area contributed by atoms with Gasteiger partial charge in [-0.25, -0.2) is 4.79 Å². The van der Waals surface area contributed by atoms with Gasteiger partial charge in [0.25, 0.3) is 0 Å². The van der Waals surface area contributed by atoms with Crippen LogP contribution in [0.3, 0.4) is 0 Å². The van der Waals surface area contributed by atoms with Crippen LogP contribution in [-0.4, -0.2) is 22.9 Å². The minimum absolute atomic E-state index is 0. The van der Waals surface area contributed by atoms with Gasteiger partial charge in [-0.05, 0) is 30.3 Å². The van der Waals surface area contributed by atoms with Gasteiger partial charge in [0.1, 0.15) is 11.9 Å². The fraction of sp³-hybridized carbons (Fsp3) is 0.0909. The van der Waals surface area contributed by atoms with E-state index in [0.29, 0.717) is 5.69 Å². The van der Waals surface area contributed by atoms with Gasteiger partial charge in [0, 0.05) is 5.56 Å². The molecule has 0 aliphatic heterocycles. The van der Waals surface area contributed by atoms with E-state index < -0.39 is 6.03 Å². The predicted octanol–water partition coefficient (Wildman–Crippen LogP) is 1.71. The molecule has 0 unspecified atom stereocenters. The second-order valence-electron chi connectivity index (χ2n) is 3.14. The molecule has 1 aromatic carbocycles. The zero-order valence-electron chi connectivity index (χ0n) is 9.08. The second kappa shape index (κ2) is 5.36. The van der Waals surface area contributed by atoms with Crippen molar-refractivity contribution in [3.05, 3.63) is 36.5 Å². The smallest absolute Gasteiger partial charge is 0.340 e. The molecule has 1 aromatic heterocycles. The Hall–Kier alpha value is -2.01. The SMILES string of the molecule is COc1ccc(-c2c[c]nn2C(N)=O)cc1.Cl. The number of benzene rings is 1. The molecular weight excluding hydrogens is 242 g/mol. The number of methoxy groups -OCH3 is 1. The van der Waals surface area contributed by atoms with E-state index in [9.17, 15) is 4.79 Å². The highest BCUT2D eigenvalue weighted by Crippen LogP contribution is 2.21. The lowest BCUT2D eigenvalue weighted by atomic mass is 10.1. The zero-order valence-corrected chi connectivity index (χ0v) is 9.90. The number of nitrogens with two attached hydrogens (primary N) is 1. The quantitative estimate of drug-likeness (QED) is 0.885. The summed E-state index contributed by atoms with van der Waals surface area (Å²) in [6, 6.07) is 8.22. The van der Waals surface area contributed by atoms with Gasteiger partial charge >= 0.3 is 6.03 Å². The van der Waals surface area contributed by atoms with E-state index in [2.05, 4.69) is 11.3 Å². The number of hydrogen-bond donors (Lipinski definition) is 1. The third-order valence-corrected chi connectivity index (χ3v) is 2.18. The van der Waals surface area contributed by atoms with Crippen LogP contribution in [0.25, 0.3) is 11.3 Å². The van der Waals surface area contributed by atoms with Gasteiger partial charge in [0.15, 0.2) is 0 Å². The van der Waals surface area contributed by atoms with Gasteiger partial charge < -0.3 is 10.5 Å². The van der Waals surface area contributed by atoms with Crippen LogP contribution in [0.4, 0.5) is 4.79 Å². The summed E-state index contributed by atoms with van der Waals surface area (Å²) in [5.74, 6) is 0.748. The van der Waals surface area contributed by atoms with Crippen LogP contribution in [0, 0.1) is 6.20 Å². The highest BCUT2D eigenvalue weighted by atomic mass is 35.5. The molecule has 1 radical (unpaired) electrons. The first-order valence-electron chi connectivity index (χ1n) is 4.62. The number of nitrogens with zero attached hydrogens (tertiary/aromatic N) is 2. The third kappa shape index (κ3) is 2.57. The standard InChI is InChI=1S/C11H10N3O2.ClH/c1-16-9-4-2-8(3-5-9)10-6-7-13-14(10)11(12)15;/h2-6H,1H3,(H2,12,15);1H. The Kier molecular flexibility index (Phi) is 4.12. The molecule has 6 heteroatoms. The van der Waals surface area contributed by atoms with Crippen LogP contribution in [0.5, 0.6) is 5.75 Å². The summed E-state index contributed by atoms with van der Waals surface area (Å²) in [7, 11) is 1.59. The monoisotopic (exact) mass is 252 g/mol. The van der Waals surface area contributed by atoms with E-state index >= 15 is 0 Å². The van der Waals surface area contributed by atoms with E-state index in [1.54, 1.807) is 25.3 Å². The molecule has 2 aromatic rings. The normalized spacial score (nSPS) is 9.47. The molecule has 1 heterocycles. The van der Waals surface area contributed by atoms with Gasteiger partial charge in [-0.15, -0.1) is 12.4 Å². The highest BCUT2D eigenvalue weighted by Gasteiger charge is 2.09. The van der Waals surface area contributed by atoms with Crippen molar-refractivity contribution in [2.75, 3.05) is 7.11 Å². The number of carbonyl (C=O) groups is 1. The molecule has 0 saturated heterocycles. The summed E-state index contributed by atoms with van der Waals surface area (Å²) < 4.78 is 6.14. The van der Waals surface area contributed by atoms with Crippen LogP contribution in [0.2, 0.25) is 0 Å². The number of carbonyl (C=O) groups excluding carboxylic acids is 1. The number of hydrogen-bond acceptors (Lipinski definition) is 3. The largest absolute Gasteiger partial charge is 0.497 e. The van der Waals surface area contributed by atoms with Crippen molar-refractivity contribution in [1.82, 2.24) is 9.78 Å². The summed E-state index contributed by atoms with van der Waals surface area (Å²) in [6.07, 6.45) is 2.59. The van der Waals surface area contributed by atoms with Crippen molar-refractivity contribution in [3.63, 3.8) is 0 Å². The molecule has 0 fully saturated rings. The topological polar surface area (TPSA) is 70.1 Å². The van der Waals surface area contributed by atoms with Gasteiger partial charge in [-0.1, -0.05) is 0 Å². The van der Waals surface area contributed by atoms with E-state index in [1.807, 2.05) is 12.1 Å². The number of primary amides is 1. The number of rotatable bonds is 2. The lowest BCUT2D eigenvalue weighted by Crippen LogP contribution is -2.21. The molecule has 0 saturated carbocycles. The molecule has 1 amide bonds. The Morgan fingerprint density at radius 3 is 2.59 bits per heavy atom. The van der Waals surface area contributed by atoms with E-state index in [0.717, 1.165) is 16.0 Å². The van der Waals surface area contributed by atoms with Crippen LogP contribution in [0.1, 0.15) is 0 Å². The third-order valence-electron chi connectivity index (χ3n) is 2.18. The van der Waals surface area contributed by atoms with E-state index in [-0.39, 0.29) is 12.4 Å². The minimum atomic E-state index is -0.632. The van der Waals surface area contributed by atoms with Gasteiger partial charge in [-0.2, -0.15) is 9.78 Å². The fourth-order valence-corrected chi connectivity index (χ4v) is 1.40. The maximum Gasteiger partial charge on any atom is 0.340 e. The molecule has 89 valence electrons. The average molecular weight is 253 g/mol. The Bertz CT molecular complexity index is 508. The Morgan fingerprint density at radius 2 is 2.06 bits per heavy atom. The van der Waals surface area contributed by atoms with Gasteiger partial charge in [0.05, 0.1) is 12.8 Å². The molecule has 2 rings (SSSR count). The summed E-state index contributed by atoms with van der Waals surface area (Å²) in [5, 5.41) is 3.72. The van der Waals surface area contributed by atoms with Crippen molar-refractivity contribution in [1.29, 1.82) is 0 Å². The van der Waals surface area contributed by atoms with Gasteiger partial charge in [-0.3, -0.25) is 0 Å². The van der Waals surface area contributed by atoms with Crippen LogP contribution >= 0.6 is 12.4 Å². The van der Waals surface area contributed by atoms with Crippen molar-refractivity contribution in [2.24, 2.45) is 5.73 Å². The molecule has 5 nitrogen and oxygen atoms in total. The van der Waals surface area contributed by atoms with Crippen molar-refractivity contribution in [3.8, 4) is 17.0 Å². The van der Waals surface area contributed by atoms with Crippen LogP contribution in [-0.2, 0) is 0 Å². The Labute approximate surface area is 105 Å². The lowest BCUT2D eigenvalue weighted by Gasteiger charge is -2.04. The van der Waals surface area contributed by atoms with E-state index in [1.165, 1.54) is 0 Å². The predicted molar refractivity (Wildman–Crippen MR) is 65.3 cm³/mol. The molecule has 0 atom stereocenters. The Balaban J connectivity index is 0.00000144. The fourth-order valence-electron chi connectivity index (χ4n) is 1.40. The molecule has 0 aliphatic carbocycles. The first-order valence-corrected chi connectivity index (χ1v) is 4.62. The van der Waals surface area contributed by atoms with Crippen molar-refractivity contribution >= 4 is 18.4 Å². The molecule has 0 aliphatic rings. The first kappa shape index (κ1) is 13.1. The molecule has 0 spiro atoms. The highest BCUT2D eigenvalue weighted by molar-refractivity contribution is 5.85. The van der Waals surface area contributed by atoms with Crippen LogP contribution in [0.15, 0.2) is 30.3 Å². The Morgan fingerprint density at radius 1 is 1.41 bits per heavy atom. The average Bonchev–Trinajstić information content (AvgIpc) is 2.78. The minimum Gasteiger partial charge on any atom is -0.497 e. The second-order valence-corrected chi connectivity index (χ2v) is 3.14. The molecule has 0 bridgehead atoms. The van der Waals surface area contributed by atoms with Crippen LogP contribution < -0.4 is 10.5 Å². The number of amides is 1. The summed E-state index contributed by atoms with van der Waals surface area (Å²) >= 11 is 0. The summed E-state index contributed by atoms with van der Waals surface area (Å²) in [4.78, 5) is 11.1. The number of halogens is 1. The maximum absolute atomic E-state index is 11.1. The number of ether oxygens (including phenoxy) is 1. The zero-order chi connectivity index (χ0) is 11.5. The summed E-state index contributed by atoms with van der Waals surface area (Å²) in [5.41, 5.74) is 6.60. The maximum atomic E-state index is 11.1. The van der Waals surface area contributed by atoms with Crippen molar-refractivity contribution < 1.29 is 9.53 Å². The van der Waals surface area contributed by atoms with E-state index in [4.69, 9.17) is 10.5 Å². The number of aromatic nitrogens is 2. The molecular formula is C11H11ClN3O2. The first-order chi connectivity index (χ1) is 7.72. The van der Waals surface area contributed by atoms with Gasteiger partial charge in [0.2, 0.25) is 0 Å². The lowest BCUT2D eigenvalue weighted by molar-refractivity contribution is 0.248.